The summed E-state index contributed by atoms with van der Waals surface area (Å²) in [6.45, 7) is 6.71. The molecule has 0 radical (unpaired) electrons. The molecule has 19 heavy (non-hydrogen) atoms. The Morgan fingerprint density at radius 1 is 1.37 bits per heavy atom. The van der Waals surface area contributed by atoms with Gasteiger partial charge in [-0.05, 0) is 31.7 Å². The third kappa shape index (κ3) is 3.23. The second-order valence-electron chi connectivity index (χ2n) is 4.21. The first-order chi connectivity index (χ1) is 9.26. The summed E-state index contributed by atoms with van der Waals surface area (Å²) in [5, 5.41) is 5.57. The summed E-state index contributed by atoms with van der Waals surface area (Å²) in [4.78, 5) is 9.79. The van der Waals surface area contributed by atoms with Gasteiger partial charge in [0.05, 0.1) is 18.2 Å². The van der Waals surface area contributed by atoms with Gasteiger partial charge in [-0.2, -0.15) is 0 Å². The van der Waals surface area contributed by atoms with E-state index in [-0.39, 0.29) is 6.04 Å². The summed E-state index contributed by atoms with van der Waals surface area (Å²) >= 11 is 1.76. The van der Waals surface area contributed by atoms with Crippen molar-refractivity contribution in [1.82, 2.24) is 9.97 Å². The number of aromatic nitrogens is 2. The van der Waals surface area contributed by atoms with Crippen molar-refractivity contribution in [2.45, 2.75) is 33.2 Å². The van der Waals surface area contributed by atoms with E-state index < -0.39 is 0 Å². The zero-order chi connectivity index (χ0) is 13.7. The van der Waals surface area contributed by atoms with E-state index in [2.05, 4.69) is 39.7 Å². The highest BCUT2D eigenvalue weighted by molar-refractivity contribution is 7.10. The molecule has 0 aliphatic rings. The van der Waals surface area contributed by atoms with Crippen LogP contribution in [0.5, 0.6) is 5.88 Å². The van der Waals surface area contributed by atoms with E-state index >= 15 is 0 Å². The first kappa shape index (κ1) is 13.8. The third-order valence-electron chi connectivity index (χ3n) is 2.92. The maximum absolute atomic E-state index is 5.49. The quantitative estimate of drug-likeness (QED) is 0.872. The van der Waals surface area contributed by atoms with Crippen LogP contribution < -0.4 is 10.1 Å². The molecule has 4 nitrogen and oxygen atoms in total. The van der Waals surface area contributed by atoms with Crippen LogP contribution in [0.2, 0.25) is 0 Å². The van der Waals surface area contributed by atoms with Crippen molar-refractivity contribution in [3.8, 4) is 5.88 Å². The summed E-state index contributed by atoms with van der Waals surface area (Å²) in [7, 11) is 0. The largest absolute Gasteiger partial charge is 0.478 e. The summed E-state index contributed by atoms with van der Waals surface area (Å²) in [5.74, 6) is 1.50. The summed E-state index contributed by atoms with van der Waals surface area (Å²) in [6.07, 6.45) is 2.55. The Labute approximate surface area is 117 Å². The molecule has 1 unspecified atom stereocenters. The van der Waals surface area contributed by atoms with Crippen molar-refractivity contribution in [3.05, 3.63) is 34.3 Å². The monoisotopic (exact) mass is 277 g/mol. The number of rotatable bonds is 6. The van der Waals surface area contributed by atoms with E-state index in [1.807, 2.05) is 13.8 Å². The van der Waals surface area contributed by atoms with Gasteiger partial charge < -0.3 is 10.1 Å². The number of nitrogens with one attached hydrogen (secondary N) is 1. The Bertz CT molecular complexity index is 513. The number of hydrogen-bond acceptors (Lipinski definition) is 5. The zero-order valence-corrected chi connectivity index (χ0v) is 12.3. The molecule has 1 atom stereocenters. The highest BCUT2D eigenvalue weighted by atomic mass is 32.1. The van der Waals surface area contributed by atoms with Crippen molar-refractivity contribution in [2.24, 2.45) is 0 Å². The van der Waals surface area contributed by atoms with Gasteiger partial charge in [-0.15, -0.1) is 11.3 Å². The fourth-order valence-corrected chi connectivity index (χ4v) is 2.75. The van der Waals surface area contributed by atoms with Gasteiger partial charge in [-0.3, -0.25) is 0 Å². The van der Waals surface area contributed by atoms with Crippen molar-refractivity contribution < 1.29 is 4.74 Å². The molecule has 0 fully saturated rings. The molecule has 0 saturated heterocycles. The predicted octanol–water partition coefficient (Wildman–Crippen LogP) is 3.81. The molecule has 1 N–H and O–H groups in total. The Morgan fingerprint density at radius 3 is 2.84 bits per heavy atom. The molecule has 2 aromatic heterocycles. The van der Waals surface area contributed by atoms with Crippen molar-refractivity contribution in [1.29, 1.82) is 0 Å². The minimum Gasteiger partial charge on any atom is -0.478 e. The molecular weight excluding hydrogens is 258 g/mol. The number of hydrogen-bond donors (Lipinski definition) is 1. The average Bonchev–Trinajstić information content (AvgIpc) is 2.94. The maximum atomic E-state index is 5.49. The van der Waals surface area contributed by atoms with Gasteiger partial charge in [0.15, 0.2) is 0 Å². The molecular formula is C14H19N3OS. The van der Waals surface area contributed by atoms with Crippen LogP contribution >= 0.6 is 11.3 Å². The Hall–Kier alpha value is -1.62. The minimum absolute atomic E-state index is 0.281. The topological polar surface area (TPSA) is 47.0 Å². The smallest absolute Gasteiger partial charge is 0.221 e. The number of nitrogens with zero attached hydrogens (tertiary/aromatic N) is 2. The normalized spacial score (nSPS) is 12.2. The molecule has 0 aromatic carbocycles. The van der Waals surface area contributed by atoms with Gasteiger partial charge in [0.1, 0.15) is 12.1 Å². The molecule has 2 heterocycles. The van der Waals surface area contributed by atoms with Crippen molar-refractivity contribution in [3.63, 3.8) is 0 Å². The molecule has 102 valence electrons. The number of anilines is 1. The van der Waals surface area contributed by atoms with E-state index in [4.69, 9.17) is 4.74 Å². The van der Waals surface area contributed by atoms with E-state index in [9.17, 15) is 0 Å². The molecule has 0 amide bonds. The Morgan fingerprint density at radius 2 is 2.21 bits per heavy atom. The number of thiophene rings is 1. The molecule has 5 heteroatoms. The zero-order valence-electron chi connectivity index (χ0n) is 11.5. The molecule has 2 rings (SSSR count). The molecule has 2 aromatic rings. The summed E-state index contributed by atoms with van der Waals surface area (Å²) in [5.41, 5.74) is 0.958. The molecule has 0 aliphatic heterocycles. The van der Waals surface area contributed by atoms with Crippen LogP contribution in [0, 0.1) is 6.92 Å². The highest BCUT2D eigenvalue weighted by Gasteiger charge is 2.14. The van der Waals surface area contributed by atoms with Crippen molar-refractivity contribution in [2.75, 3.05) is 11.9 Å². The first-order valence-electron chi connectivity index (χ1n) is 6.50. The molecule has 0 saturated carbocycles. The van der Waals surface area contributed by atoms with Gasteiger partial charge in [-0.25, -0.2) is 9.97 Å². The van der Waals surface area contributed by atoms with E-state index in [1.165, 1.54) is 4.88 Å². The van der Waals surface area contributed by atoms with Crippen molar-refractivity contribution >= 4 is 17.2 Å². The molecule has 0 spiro atoms. The predicted molar refractivity (Wildman–Crippen MR) is 78.9 cm³/mol. The van der Waals surface area contributed by atoms with E-state index in [0.29, 0.717) is 12.5 Å². The van der Waals surface area contributed by atoms with Gasteiger partial charge in [0, 0.05) is 4.88 Å². The van der Waals surface area contributed by atoms with Crippen LogP contribution in [0.4, 0.5) is 5.82 Å². The SMILES string of the molecule is CCOc1ncnc(NC(CC)c2cccs2)c1C. The van der Waals surface area contributed by atoms with Gasteiger partial charge in [0.25, 0.3) is 0 Å². The number of ether oxygens (including phenoxy) is 1. The van der Waals surface area contributed by atoms with E-state index in [1.54, 1.807) is 17.7 Å². The third-order valence-corrected chi connectivity index (χ3v) is 3.91. The second-order valence-corrected chi connectivity index (χ2v) is 5.19. The van der Waals surface area contributed by atoms with Gasteiger partial charge in [-0.1, -0.05) is 13.0 Å². The van der Waals surface area contributed by atoms with Crippen LogP contribution in [0.1, 0.15) is 36.8 Å². The van der Waals surface area contributed by atoms with Gasteiger partial charge >= 0.3 is 0 Å². The molecule has 0 bridgehead atoms. The first-order valence-corrected chi connectivity index (χ1v) is 7.38. The lowest BCUT2D eigenvalue weighted by Crippen LogP contribution is -2.11. The lowest BCUT2D eigenvalue weighted by molar-refractivity contribution is 0.324. The fourth-order valence-electron chi connectivity index (χ4n) is 1.89. The van der Waals surface area contributed by atoms with E-state index in [0.717, 1.165) is 17.8 Å². The average molecular weight is 277 g/mol. The second kappa shape index (κ2) is 6.52. The Kier molecular flexibility index (Phi) is 4.74. The maximum Gasteiger partial charge on any atom is 0.221 e. The minimum atomic E-state index is 0.281. The van der Waals surface area contributed by atoms with Crippen LogP contribution in [0.3, 0.4) is 0 Å². The molecule has 0 aliphatic carbocycles. The fraction of sp³-hybridized carbons (Fsp3) is 0.429. The van der Waals surface area contributed by atoms with Gasteiger partial charge in [0.2, 0.25) is 5.88 Å². The lowest BCUT2D eigenvalue weighted by Gasteiger charge is -2.18. The summed E-state index contributed by atoms with van der Waals surface area (Å²) < 4.78 is 5.49. The van der Waals surface area contributed by atoms with Crippen LogP contribution in [0.25, 0.3) is 0 Å². The highest BCUT2D eigenvalue weighted by Crippen LogP contribution is 2.28. The summed E-state index contributed by atoms with van der Waals surface area (Å²) in [6, 6.07) is 4.50. The van der Waals surface area contributed by atoms with Crippen LogP contribution in [-0.2, 0) is 0 Å². The lowest BCUT2D eigenvalue weighted by atomic mass is 10.2. The Balaban J connectivity index is 2.20. The van der Waals surface area contributed by atoms with Crippen LogP contribution in [-0.4, -0.2) is 16.6 Å². The standard InChI is InChI=1S/C14H19N3OS/c1-4-11(12-7-6-8-19-12)17-13-10(3)14(18-5-2)16-9-15-13/h6-9,11H,4-5H2,1-3H3,(H,15,16,17). The van der Waals surface area contributed by atoms with Crippen LogP contribution in [0.15, 0.2) is 23.8 Å².